The quantitative estimate of drug-likeness (QED) is 0.823. The summed E-state index contributed by atoms with van der Waals surface area (Å²) in [5, 5.41) is 9.13. The van der Waals surface area contributed by atoms with E-state index in [1.54, 1.807) is 6.07 Å². The molecule has 2 rings (SSSR count). The van der Waals surface area contributed by atoms with Crippen LogP contribution in [0.4, 0.5) is 0 Å². The van der Waals surface area contributed by atoms with E-state index in [4.69, 9.17) is 9.84 Å². The Bertz CT molecular complexity index is 380. The molecule has 0 atom stereocenters. The van der Waals surface area contributed by atoms with Gasteiger partial charge in [0.15, 0.2) is 0 Å². The van der Waals surface area contributed by atoms with E-state index in [-0.39, 0.29) is 6.10 Å². The van der Waals surface area contributed by atoms with Crippen molar-refractivity contribution in [2.24, 2.45) is 0 Å². The third-order valence-corrected chi connectivity index (χ3v) is 2.53. The second-order valence-electron chi connectivity index (χ2n) is 3.77. The lowest BCUT2D eigenvalue weighted by molar-refractivity contribution is 0.0690. The Kier molecular flexibility index (Phi) is 2.62. The second-order valence-corrected chi connectivity index (χ2v) is 3.77. The van der Waals surface area contributed by atoms with E-state index >= 15 is 0 Å². The number of aryl methyl sites for hydroxylation is 1. The van der Waals surface area contributed by atoms with Crippen LogP contribution in [0.1, 0.15) is 35.7 Å². The van der Waals surface area contributed by atoms with Crippen LogP contribution >= 0.6 is 0 Å². The van der Waals surface area contributed by atoms with Gasteiger partial charge in [0.05, 0.1) is 6.10 Å². The fraction of sp³-hybridized carbons (Fsp3) is 0.417. The van der Waals surface area contributed by atoms with Gasteiger partial charge in [-0.25, -0.2) is 4.79 Å². The zero-order valence-corrected chi connectivity index (χ0v) is 8.69. The summed E-state index contributed by atoms with van der Waals surface area (Å²) in [4.78, 5) is 11.1. The van der Waals surface area contributed by atoms with Crippen LogP contribution < -0.4 is 4.74 Å². The molecule has 1 aromatic carbocycles. The molecule has 3 nitrogen and oxygen atoms in total. The minimum atomic E-state index is -0.900. The van der Waals surface area contributed by atoms with Crippen molar-refractivity contribution in [1.29, 1.82) is 0 Å². The van der Waals surface area contributed by atoms with E-state index < -0.39 is 5.97 Å². The minimum absolute atomic E-state index is 0.232. The van der Waals surface area contributed by atoms with E-state index in [0.29, 0.717) is 17.7 Å². The molecule has 1 saturated carbocycles. The molecule has 1 aliphatic rings. The smallest absolute Gasteiger partial charge is 0.339 e. The molecular formula is C12H14O3. The van der Waals surface area contributed by atoms with Crippen LogP contribution in [0.25, 0.3) is 0 Å². The van der Waals surface area contributed by atoms with Crippen molar-refractivity contribution < 1.29 is 14.6 Å². The highest BCUT2D eigenvalue weighted by Gasteiger charge is 2.26. The highest BCUT2D eigenvalue weighted by atomic mass is 16.5. The maximum Gasteiger partial charge on any atom is 0.339 e. The number of ether oxygens (including phenoxy) is 1. The highest BCUT2D eigenvalue weighted by Crippen LogP contribution is 2.30. The van der Waals surface area contributed by atoms with Crippen LogP contribution in [0.15, 0.2) is 18.2 Å². The molecule has 0 amide bonds. The molecule has 0 saturated heterocycles. The van der Waals surface area contributed by atoms with E-state index in [1.165, 1.54) is 0 Å². The van der Waals surface area contributed by atoms with Crippen LogP contribution in [-0.4, -0.2) is 17.2 Å². The Morgan fingerprint density at radius 1 is 1.53 bits per heavy atom. The van der Waals surface area contributed by atoms with Gasteiger partial charge in [-0.2, -0.15) is 0 Å². The molecular weight excluding hydrogens is 192 g/mol. The lowest BCUT2D eigenvalue weighted by atomic mass is 10.0. The molecule has 1 N–H and O–H groups in total. The van der Waals surface area contributed by atoms with Crippen molar-refractivity contribution in [3.05, 3.63) is 29.3 Å². The van der Waals surface area contributed by atoms with E-state index in [2.05, 4.69) is 0 Å². The first-order chi connectivity index (χ1) is 7.22. The van der Waals surface area contributed by atoms with Crippen molar-refractivity contribution in [3.8, 4) is 5.75 Å². The minimum Gasteiger partial charge on any atom is -0.490 e. The molecule has 1 aromatic rings. The normalized spacial score (nSPS) is 15.0. The maximum absolute atomic E-state index is 11.1. The van der Waals surface area contributed by atoms with Crippen molar-refractivity contribution in [2.45, 2.75) is 32.3 Å². The molecule has 0 aromatic heterocycles. The van der Waals surface area contributed by atoms with Crippen molar-refractivity contribution in [2.75, 3.05) is 0 Å². The van der Waals surface area contributed by atoms with Crippen LogP contribution in [0, 0.1) is 0 Å². The number of hydrogen-bond donors (Lipinski definition) is 1. The topological polar surface area (TPSA) is 46.5 Å². The molecule has 0 heterocycles. The average Bonchev–Trinajstić information content (AvgIpc) is 3.01. The summed E-state index contributed by atoms with van der Waals surface area (Å²) in [6, 6.07) is 5.42. The van der Waals surface area contributed by atoms with Gasteiger partial charge in [-0.1, -0.05) is 19.1 Å². The number of benzene rings is 1. The number of carboxylic acids is 1. The Morgan fingerprint density at radius 3 is 2.80 bits per heavy atom. The van der Waals surface area contributed by atoms with Gasteiger partial charge in [-0.05, 0) is 30.9 Å². The molecule has 0 bridgehead atoms. The van der Waals surface area contributed by atoms with Crippen molar-refractivity contribution >= 4 is 5.97 Å². The second kappa shape index (κ2) is 3.93. The summed E-state index contributed by atoms with van der Waals surface area (Å²) >= 11 is 0. The third kappa shape index (κ3) is 2.12. The van der Waals surface area contributed by atoms with Crippen molar-refractivity contribution in [1.82, 2.24) is 0 Å². The van der Waals surface area contributed by atoms with Gasteiger partial charge in [-0.3, -0.25) is 0 Å². The molecule has 0 spiro atoms. The lowest BCUT2D eigenvalue weighted by Crippen LogP contribution is -2.07. The Morgan fingerprint density at radius 2 is 2.27 bits per heavy atom. The van der Waals surface area contributed by atoms with Crippen LogP contribution in [0.5, 0.6) is 5.75 Å². The SMILES string of the molecule is CCc1cccc(OC2CC2)c1C(=O)O. The Labute approximate surface area is 88.7 Å². The highest BCUT2D eigenvalue weighted by molar-refractivity contribution is 5.92. The average molecular weight is 206 g/mol. The van der Waals surface area contributed by atoms with Crippen LogP contribution in [0.2, 0.25) is 0 Å². The standard InChI is InChI=1S/C12H14O3/c1-2-8-4-3-5-10(11(8)12(13)14)15-9-6-7-9/h3-5,9H,2,6-7H2,1H3,(H,13,14). The first-order valence-electron chi connectivity index (χ1n) is 5.24. The number of carboxylic acid groups (broad SMARTS) is 1. The first-order valence-corrected chi connectivity index (χ1v) is 5.24. The van der Waals surface area contributed by atoms with E-state index in [9.17, 15) is 4.79 Å². The summed E-state index contributed by atoms with van der Waals surface area (Å²) in [6.45, 7) is 1.95. The van der Waals surface area contributed by atoms with Crippen molar-refractivity contribution in [3.63, 3.8) is 0 Å². The van der Waals surface area contributed by atoms with Gasteiger partial charge in [0, 0.05) is 0 Å². The lowest BCUT2D eigenvalue weighted by Gasteiger charge is -2.11. The number of aromatic carboxylic acids is 1. The van der Waals surface area contributed by atoms with Gasteiger partial charge in [-0.15, -0.1) is 0 Å². The van der Waals surface area contributed by atoms with Gasteiger partial charge in [0.25, 0.3) is 0 Å². The summed E-state index contributed by atoms with van der Waals surface area (Å²) in [5.74, 6) is -0.382. The molecule has 1 fully saturated rings. The summed E-state index contributed by atoms with van der Waals surface area (Å²) < 4.78 is 5.58. The van der Waals surface area contributed by atoms with Gasteiger partial charge in [0.2, 0.25) is 0 Å². The van der Waals surface area contributed by atoms with Gasteiger partial charge < -0.3 is 9.84 Å². The molecule has 1 aliphatic carbocycles. The molecule has 0 radical (unpaired) electrons. The first kappa shape index (κ1) is 10.0. The zero-order valence-electron chi connectivity index (χ0n) is 8.69. The maximum atomic E-state index is 11.1. The van der Waals surface area contributed by atoms with E-state index in [1.807, 2.05) is 19.1 Å². The zero-order chi connectivity index (χ0) is 10.8. The van der Waals surface area contributed by atoms with Gasteiger partial charge >= 0.3 is 5.97 Å². The largest absolute Gasteiger partial charge is 0.490 e. The number of carbonyl (C=O) groups is 1. The number of rotatable bonds is 4. The fourth-order valence-corrected chi connectivity index (χ4v) is 1.58. The van der Waals surface area contributed by atoms with Crippen LogP contribution in [-0.2, 0) is 6.42 Å². The predicted octanol–water partition coefficient (Wildman–Crippen LogP) is 2.49. The molecule has 0 aliphatic heterocycles. The molecule has 15 heavy (non-hydrogen) atoms. The van der Waals surface area contributed by atoms with Crippen LogP contribution in [0.3, 0.4) is 0 Å². The molecule has 3 heteroatoms. The predicted molar refractivity (Wildman–Crippen MR) is 56.4 cm³/mol. The molecule has 0 unspecified atom stereocenters. The summed E-state index contributed by atoms with van der Waals surface area (Å²) in [6.07, 6.45) is 3.02. The number of hydrogen-bond acceptors (Lipinski definition) is 2. The third-order valence-electron chi connectivity index (χ3n) is 2.53. The van der Waals surface area contributed by atoms with Gasteiger partial charge in [0.1, 0.15) is 11.3 Å². The Hall–Kier alpha value is -1.51. The van der Waals surface area contributed by atoms with E-state index in [0.717, 1.165) is 18.4 Å². The summed E-state index contributed by atoms with van der Waals surface area (Å²) in [7, 11) is 0. The summed E-state index contributed by atoms with van der Waals surface area (Å²) in [5.41, 5.74) is 1.16. The molecule has 80 valence electrons. The Balaban J connectivity index is 2.37. The fourth-order valence-electron chi connectivity index (χ4n) is 1.58. The monoisotopic (exact) mass is 206 g/mol.